The van der Waals surface area contributed by atoms with Crippen molar-refractivity contribution in [2.75, 3.05) is 0 Å². The molecule has 0 saturated carbocycles. The Bertz CT molecular complexity index is 95.7. The summed E-state index contributed by atoms with van der Waals surface area (Å²) in [5.74, 6) is 0. The molecule has 51 valence electrons. The van der Waals surface area contributed by atoms with Crippen LogP contribution in [0.4, 0.5) is 0 Å². The minimum Gasteiger partial charge on any atom is -0.431 e. The van der Waals surface area contributed by atoms with Crippen LogP contribution in [0.2, 0.25) is 5.04 Å². The van der Waals surface area contributed by atoms with Crippen molar-refractivity contribution in [1.29, 1.82) is 0 Å². The molecule has 0 saturated heterocycles. The third kappa shape index (κ3) is 6.01. The summed E-state index contributed by atoms with van der Waals surface area (Å²) in [6.07, 6.45) is 0. The molecule has 0 aliphatic rings. The van der Waals surface area contributed by atoms with E-state index in [0.29, 0.717) is 9.04 Å². The van der Waals surface area contributed by atoms with Gasteiger partial charge in [0.2, 0.25) is 8.56 Å². The lowest BCUT2D eigenvalue weighted by Crippen LogP contribution is -2.27. The molecule has 0 unspecified atom stereocenters. The van der Waals surface area contributed by atoms with Crippen LogP contribution in [0.1, 0.15) is 20.8 Å². The van der Waals surface area contributed by atoms with Crippen LogP contribution < -0.4 is 0 Å². The summed E-state index contributed by atoms with van der Waals surface area (Å²) in [7, 11) is -0.540. The molecule has 0 aliphatic heterocycles. The van der Waals surface area contributed by atoms with Crippen molar-refractivity contribution in [3.8, 4) is 0 Å². The standard InChI is InChI=1S/C6H13OSi2/c1-5-9(7)8-6(2,3)4/h5,7H,1H2,2-4H3. The zero-order valence-corrected chi connectivity index (χ0v) is 8.23. The SMILES string of the molecule is C=C[Si](O)[Si]C(C)(C)C. The second-order valence-corrected chi connectivity index (χ2v) is 8.18. The molecule has 9 heavy (non-hydrogen) atoms. The third-order valence-corrected chi connectivity index (χ3v) is 5.72. The Morgan fingerprint density at radius 2 is 2.00 bits per heavy atom. The van der Waals surface area contributed by atoms with Gasteiger partial charge < -0.3 is 4.80 Å². The van der Waals surface area contributed by atoms with Gasteiger partial charge in [0.1, 0.15) is 0 Å². The maximum atomic E-state index is 9.19. The summed E-state index contributed by atoms with van der Waals surface area (Å²) in [6.45, 7) is 9.95. The summed E-state index contributed by atoms with van der Waals surface area (Å²) in [6, 6.07) is 0. The van der Waals surface area contributed by atoms with Gasteiger partial charge in [0.15, 0.2) is 0 Å². The van der Waals surface area contributed by atoms with E-state index in [2.05, 4.69) is 27.4 Å². The van der Waals surface area contributed by atoms with Crippen molar-refractivity contribution in [3.63, 3.8) is 0 Å². The Morgan fingerprint density at radius 1 is 1.56 bits per heavy atom. The molecular formula is C6H13OSi2. The van der Waals surface area contributed by atoms with Crippen molar-refractivity contribution in [1.82, 2.24) is 0 Å². The Balaban J connectivity index is 3.59. The van der Waals surface area contributed by atoms with E-state index in [0.717, 1.165) is 0 Å². The average molecular weight is 157 g/mol. The van der Waals surface area contributed by atoms with Gasteiger partial charge >= 0.3 is 0 Å². The quantitative estimate of drug-likeness (QED) is 0.596. The maximum Gasteiger partial charge on any atom is 0.212 e. The Morgan fingerprint density at radius 3 is 2.11 bits per heavy atom. The van der Waals surface area contributed by atoms with Gasteiger partial charge in [0.25, 0.3) is 0 Å². The number of hydrogen-bond acceptors (Lipinski definition) is 1. The molecule has 0 atom stereocenters. The van der Waals surface area contributed by atoms with Crippen molar-refractivity contribution in [2.45, 2.75) is 25.8 Å². The third-order valence-electron chi connectivity index (χ3n) is 0.696. The van der Waals surface area contributed by atoms with Gasteiger partial charge in [-0.2, -0.15) is 0 Å². The molecule has 0 bridgehead atoms. The van der Waals surface area contributed by atoms with Crippen LogP contribution >= 0.6 is 0 Å². The summed E-state index contributed by atoms with van der Waals surface area (Å²) in [5, 5.41) is 0.275. The molecule has 1 nitrogen and oxygen atoms in total. The molecule has 0 fully saturated rings. The molecule has 3 radical (unpaired) electrons. The minimum atomic E-state index is -1.19. The number of hydrogen-bond donors (Lipinski definition) is 1. The highest BCUT2D eigenvalue weighted by Gasteiger charge is 2.17. The first-order valence-corrected chi connectivity index (χ1v) is 6.45. The minimum absolute atomic E-state index is 0.275. The highest BCUT2D eigenvalue weighted by Crippen LogP contribution is 2.20. The lowest BCUT2D eigenvalue weighted by Gasteiger charge is -2.16. The van der Waals surface area contributed by atoms with Gasteiger partial charge in [-0.1, -0.05) is 26.5 Å². The van der Waals surface area contributed by atoms with Crippen LogP contribution in [-0.2, 0) is 0 Å². The van der Waals surface area contributed by atoms with Gasteiger partial charge in [-0.25, -0.2) is 0 Å². The molecular weight excluding hydrogens is 144 g/mol. The molecule has 0 heterocycles. The number of rotatable bonds is 2. The van der Waals surface area contributed by atoms with Crippen LogP contribution in [0.25, 0.3) is 0 Å². The van der Waals surface area contributed by atoms with Gasteiger partial charge in [0.05, 0.1) is 9.04 Å². The predicted octanol–water partition coefficient (Wildman–Crippen LogP) is 1.11. The smallest absolute Gasteiger partial charge is 0.212 e. The highest BCUT2D eigenvalue weighted by atomic mass is 29.2. The molecule has 3 heteroatoms. The van der Waals surface area contributed by atoms with Crippen LogP contribution in [0.15, 0.2) is 12.3 Å². The topological polar surface area (TPSA) is 20.2 Å². The second-order valence-electron chi connectivity index (χ2n) is 2.96. The van der Waals surface area contributed by atoms with E-state index in [9.17, 15) is 4.80 Å². The van der Waals surface area contributed by atoms with Crippen LogP contribution in [0.5, 0.6) is 0 Å². The van der Waals surface area contributed by atoms with E-state index < -0.39 is 8.56 Å². The molecule has 0 aromatic heterocycles. The first-order valence-electron chi connectivity index (χ1n) is 2.92. The van der Waals surface area contributed by atoms with Gasteiger partial charge in [-0.3, -0.25) is 0 Å². The summed E-state index contributed by atoms with van der Waals surface area (Å²) in [5.41, 5.74) is 1.69. The predicted molar refractivity (Wildman–Crippen MR) is 43.6 cm³/mol. The van der Waals surface area contributed by atoms with E-state index in [-0.39, 0.29) is 5.04 Å². The molecule has 0 rings (SSSR count). The molecule has 1 N–H and O–H groups in total. The molecule has 0 amide bonds. The van der Waals surface area contributed by atoms with E-state index >= 15 is 0 Å². The summed E-state index contributed by atoms with van der Waals surface area (Å²) < 4.78 is 0. The van der Waals surface area contributed by atoms with Gasteiger partial charge in [-0.15, -0.1) is 6.58 Å². The van der Waals surface area contributed by atoms with Crippen LogP contribution in [0, 0.1) is 0 Å². The maximum absolute atomic E-state index is 9.19. The average Bonchev–Trinajstić information content (AvgIpc) is 1.62. The normalized spacial score (nSPS) is 12.1. The Hall–Kier alpha value is 0.134. The van der Waals surface area contributed by atoms with E-state index in [1.165, 1.54) is 0 Å². The fraction of sp³-hybridized carbons (Fsp3) is 0.667. The van der Waals surface area contributed by atoms with Crippen molar-refractivity contribution >= 4 is 17.6 Å². The Kier molecular flexibility index (Phi) is 3.39. The first kappa shape index (κ1) is 9.13. The highest BCUT2D eigenvalue weighted by molar-refractivity contribution is 7.12. The molecule has 0 aromatic rings. The molecule has 0 spiro atoms. The lowest BCUT2D eigenvalue weighted by atomic mass is 10.3. The van der Waals surface area contributed by atoms with Crippen molar-refractivity contribution in [3.05, 3.63) is 12.3 Å². The first-order chi connectivity index (χ1) is 3.95. The van der Waals surface area contributed by atoms with Crippen molar-refractivity contribution in [2.24, 2.45) is 0 Å². The van der Waals surface area contributed by atoms with Crippen molar-refractivity contribution < 1.29 is 4.80 Å². The van der Waals surface area contributed by atoms with Crippen LogP contribution in [0.3, 0.4) is 0 Å². The summed E-state index contributed by atoms with van der Waals surface area (Å²) >= 11 is 0. The largest absolute Gasteiger partial charge is 0.431 e. The zero-order valence-electron chi connectivity index (χ0n) is 6.23. The molecule has 0 aromatic carbocycles. The fourth-order valence-electron chi connectivity index (χ4n) is 0.435. The van der Waals surface area contributed by atoms with E-state index in [4.69, 9.17) is 0 Å². The van der Waals surface area contributed by atoms with Gasteiger partial charge in [0, 0.05) is 0 Å². The fourth-order valence-corrected chi connectivity index (χ4v) is 3.92. The van der Waals surface area contributed by atoms with E-state index in [1.54, 1.807) is 5.70 Å². The monoisotopic (exact) mass is 157 g/mol. The van der Waals surface area contributed by atoms with Crippen LogP contribution in [-0.4, -0.2) is 22.4 Å². The summed E-state index contributed by atoms with van der Waals surface area (Å²) in [4.78, 5) is 9.19. The lowest BCUT2D eigenvalue weighted by molar-refractivity contribution is 0.601. The second kappa shape index (κ2) is 3.34. The Labute approximate surface area is 61.1 Å². The molecule has 0 aliphatic carbocycles. The zero-order chi connectivity index (χ0) is 7.49. The van der Waals surface area contributed by atoms with E-state index in [1.807, 2.05) is 0 Å². The van der Waals surface area contributed by atoms with Gasteiger partial charge in [-0.05, 0) is 5.04 Å².